The highest BCUT2D eigenvalue weighted by Crippen LogP contribution is 2.12. The van der Waals surface area contributed by atoms with E-state index in [9.17, 15) is 22.4 Å². The Balaban J connectivity index is 1.59. The highest BCUT2D eigenvalue weighted by atomic mass is 32.2. The molecule has 1 fully saturated rings. The summed E-state index contributed by atoms with van der Waals surface area (Å²) in [6.45, 7) is 0.165. The number of ether oxygens (including phenoxy) is 1. The van der Waals surface area contributed by atoms with E-state index < -0.39 is 34.2 Å². The smallest absolute Gasteiger partial charge is 0.241 e. The Morgan fingerprint density at radius 2 is 1.97 bits per heavy atom. The van der Waals surface area contributed by atoms with Crippen molar-refractivity contribution in [3.63, 3.8) is 0 Å². The van der Waals surface area contributed by atoms with Crippen molar-refractivity contribution in [2.75, 3.05) is 26.2 Å². The van der Waals surface area contributed by atoms with Crippen LogP contribution < -0.4 is 10.0 Å². The Bertz CT molecular complexity index is 973. The highest BCUT2D eigenvalue weighted by Gasteiger charge is 2.23. The van der Waals surface area contributed by atoms with Gasteiger partial charge in [-0.3, -0.25) is 9.59 Å². The number of rotatable bonds is 10. The lowest BCUT2D eigenvalue weighted by Gasteiger charge is -2.22. The quantitative estimate of drug-likeness (QED) is 0.555. The molecular formula is C20H24FN3O6S. The first-order valence-electron chi connectivity index (χ1n) is 9.77. The molecule has 1 unspecified atom stereocenters. The van der Waals surface area contributed by atoms with Gasteiger partial charge < -0.3 is 19.4 Å². The van der Waals surface area contributed by atoms with Crippen molar-refractivity contribution in [1.29, 1.82) is 0 Å². The summed E-state index contributed by atoms with van der Waals surface area (Å²) >= 11 is 0. The summed E-state index contributed by atoms with van der Waals surface area (Å²) in [7, 11) is -4.02. The Labute approximate surface area is 179 Å². The molecule has 0 spiro atoms. The molecule has 2 amide bonds. The van der Waals surface area contributed by atoms with Gasteiger partial charge in [0.05, 0.1) is 30.4 Å². The maximum Gasteiger partial charge on any atom is 0.241 e. The van der Waals surface area contributed by atoms with E-state index in [2.05, 4.69) is 10.0 Å². The first-order chi connectivity index (χ1) is 14.8. The molecule has 2 aromatic rings. The van der Waals surface area contributed by atoms with E-state index in [-0.39, 0.29) is 24.1 Å². The molecule has 1 saturated heterocycles. The van der Waals surface area contributed by atoms with Crippen LogP contribution in [0.1, 0.15) is 18.6 Å². The predicted molar refractivity (Wildman–Crippen MR) is 108 cm³/mol. The first kappa shape index (κ1) is 22.9. The van der Waals surface area contributed by atoms with E-state index in [1.54, 1.807) is 12.1 Å². The lowest BCUT2D eigenvalue weighted by Crippen LogP contribution is -2.45. The molecule has 11 heteroatoms. The molecular weight excluding hydrogens is 429 g/mol. The fourth-order valence-corrected chi connectivity index (χ4v) is 4.03. The number of carbonyl (C=O) groups is 2. The van der Waals surface area contributed by atoms with E-state index in [1.807, 2.05) is 0 Å². The fraction of sp³-hybridized carbons (Fsp3) is 0.400. The summed E-state index contributed by atoms with van der Waals surface area (Å²) in [6.07, 6.45) is 3.20. The number of hydrogen-bond acceptors (Lipinski definition) is 6. The lowest BCUT2D eigenvalue weighted by atomic mass is 10.2. The second-order valence-electron chi connectivity index (χ2n) is 7.05. The third kappa shape index (κ3) is 6.88. The highest BCUT2D eigenvalue weighted by molar-refractivity contribution is 7.89. The lowest BCUT2D eigenvalue weighted by molar-refractivity contribution is -0.136. The first-order valence-corrected chi connectivity index (χ1v) is 11.3. The van der Waals surface area contributed by atoms with E-state index >= 15 is 0 Å². The van der Waals surface area contributed by atoms with E-state index in [1.165, 1.54) is 11.2 Å². The molecule has 3 rings (SSSR count). The van der Waals surface area contributed by atoms with Gasteiger partial charge in [-0.05, 0) is 49.2 Å². The number of sulfonamides is 1. The average molecular weight is 453 g/mol. The molecule has 31 heavy (non-hydrogen) atoms. The van der Waals surface area contributed by atoms with Gasteiger partial charge in [0.15, 0.2) is 0 Å². The molecule has 1 aromatic heterocycles. The minimum atomic E-state index is -4.02. The Kier molecular flexibility index (Phi) is 7.77. The van der Waals surface area contributed by atoms with Crippen LogP contribution in [0.2, 0.25) is 0 Å². The van der Waals surface area contributed by atoms with Gasteiger partial charge in [0.2, 0.25) is 21.8 Å². The summed E-state index contributed by atoms with van der Waals surface area (Å²) in [4.78, 5) is 26.0. The predicted octanol–water partition coefficient (Wildman–Crippen LogP) is 1.02. The second-order valence-corrected chi connectivity index (χ2v) is 8.81. The normalized spacial score (nSPS) is 16.2. The van der Waals surface area contributed by atoms with Crippen molar-refractivity contribution in [1.82, 2.24) is 14.9 Å². The van der Waals surface area contributed by atoms with Crippen LogP contribution in [0.5, 0.6) is 0 Å². The summed E-state index contributed by atoms with van der Waals surface area (Å²) in [6, 6.07) is 7.51. The Morgan fingerprint density at radius 3 is 2.61 bits per heavy atom. The van der Waals surface area contributed by atoms with Gasteiger partial charge in [0.25, 0.3) is 0 Å². The molecule has 0 radical (unpaired) electrons. The number of furan rings is 1. The van der Waals surface area contributed by atoms with Crippen LogP contribution >= 0.6 is 0 Å². The molecule has 1 aliphatic heterocycles. The number of nitrogens with zero attached hydrogens (tertiary/aromatic N) is 1. The molecule has 0 bridgehead atoms. The molecule has 0 saturated carbocycles. The van der Waals surface area contributed by atoms with Gasteiger partial charge in [-0.25, -0.2) is 17.5 Å². The molecule has 1 atom stereocenters. The number of benzene rings is 1. The molecule has 2 N–H and O–H groups in total. The average Bonchev–Trinajstić information content (AvgIpc) is 3.44. The number of hydrogen-bond donors (Lipinski definition) is 2. The minimum Gasteiger partial charge on any atom is -0.467 e. The Hall–Kier alpha value is -2.76. The van der Waals surface area contributed by atoms with Crippen LogP contribution in [-0.2, 0) is 30.9 Å². The van der Waals surface area contributed by atoms with Gasteiger partial charge in [-0.15, -0.1) is 0 Å². The van der Waals surface area contributed by atoms with Gasteiger partial charge in [-0.1, -0.05) is 0 Å². The Morgan fingerprint density at radius 1 is 1.19 bits per heavy atom. The third-order valence-electron chi connectivity index (χ3n) is 4.70. The van der Waals surface area contributed by atoms with Crippen molar-refractivity contribution in [3.05, 3.63) is 54.2 Å². The molecule has 168 valence electrons. The van der Waals surface area contributed by atoms with Crippen LogP contribution in [0.25, 0.3) is 0 Å². The van der Waals surface area contributed by atoms with Crippen LogP contribution in [-0.4, -0.2) is 57.5 Å². The number of carbonyl (C=O) groups excluding carboxylic acids is 2. The van der Waals surface area contributed by atoms with Gasteiger partial charge in [-0.2, -0.15) is 0 Å². The zero-order valence-electron chi connectivity index (χ0n) is 16.8. The van der Waals surface area contributed by atoms with Crippen LogP contribution in [0.3, 0.4) is 0 Å². The monoisotopic (exact) mass is 453 g/mol. The standard InChI is InChI=1S/C20H24FN3O6S/c21-15-5-7-18(8-6-15)31(27,28)23-12-20(26)24(13-17-4-2-10-30-17)14-19(25)22-11-16-3-1-9-29-16/h2,4-8,10,16,23H,1,3,9,11-14H2,(H,22,25). The summed E-state index contributed by atoms with van der Waals surface area (Å²) in [5.41, 5.74) is 0. The summed E-state index contributed by atoms with van der Waals surface area (Å²) in [5, 5.41) is 2.73. The summed E-state index contributed by atoms with van der Waals surface area (Å²) in [5.74, 6) is -1.14. The molecule has 1 aromatic carbocycles. The third-order valence-corrected chi connectivity index (χ3v) is 6.12. The van der Waals surface area contributed by atoms with Crippen LogP contribution in [0.4, 0.5) is 4.39 Å². The zero-order chi connectivity index (χ0) is 22.3. The van der Waals surface area contributed by atoms with Crippen molar-refractivity contribution in [2.45, 2.75) is 30.4 Å². The van der Waals surface area contributed by atoms with Crippen molar-refractivity contribution in [3.8, 4) is 0 Å². The molecule has 9 nitrogen and oxygen atoms in total. The van der Waals surface area contributed by atoms with Gasteiger partial charge in [0.1, 0.15) is 18.1 Å². The van der Waals surface area contributed by atoms with Gasteiger partial charge in [0, 0.05) is 13.2 Å². The fourth-order valence-electron chi connectivity index (χ4n) is 3.05. The molecule has 1 aliphatic rings. The SMILES string of the molecule is O=C(CN(Cc1ccco1)C(=O)CNS(=O)(=O)c1ccc(F)cc1)NCC1CCCO1. The van der Waals surface area contributed by atoms with E-state index in [0.717, 1.165) is 37.1 Å². The molecule has 2 heterocycles. The van der Waals surface area contributed by atoms with E-state index in [4.69, 9.17) is 9.15 Å². The van der Waals surface area contributed by atoms with E-state index in [0.29, 0.717) is 18.9 Å². The number of halogens is 1. The largest absolute Gasteiger partial charge is 0.467 e. The number of nitrogens with one attached hydrogen (secondary N) is 2. The van der Waals surface area contributed by atoms with Gasteiger partial charge >= 0.3 is 0 Å². The van der Waals surface area contributed by atoms with Crippen molar-refractivity contribution >= 4 is 21.8 Å². The summed E-state index contributed by atoms with van der Waals surface area (Å²) < 4.78 is 50.6. The van der Waals surface area contributed by atoms with Crippen molar-refractivity contribution < 1.29 is 31.6 Å². The topological polar surface area (TPSA) is 118 Å². The number of amides is 2. The maximum absolute atomic E-state index is 13.0. The van der Waals surface area contributed by atoms with Crippen molar-refractivity contribution in [2.24, 2.45) is 0 Å². The maximum atomic E-state index is 13.0. The minimum absolute atomic E-state index is 0.00252. The van der Waals surface area contributed by atoms with Crippen LogP contribution in [0.15, 0.2) is 52.0 Å². The second kappa shape index (κ2) is 10.5. The van der Waals surface area contributed by atoms with Crippen LogP contribution in [0, 0.1) is 5.82 Å². The molecule has 0 aliphatic carbocycles. The zero-order valence-corrected chi connectivity index (χ0v) is 17.6.